The first-order valence-electron chi connectivity index (χ1n) is 6.44. The lowest BCUT2D eigenvalue weighted by molar-refractivity contribution is 0.0944. The maximum Gasteiger partial charge on any atom is 0.255 e. The third kappa shape index (κ3) is 5.58. The van der Waals surface area contributed by atoms with Gasteiger partial charge < -0.3 is 10.6 Å². The lowest BCUT2D eigenvalue weighted by Crippen LogP contribution is -2.36. The first-order chi connectivity index (χ1) is 9.43. The first-order valence-corrected chi connectivity index (χ1v) is 8.96. The van der Waals surface area contributed by atoms with Crippen molar-refractivity contribution in [3.63, 3.8) is 0 Å². The minimum atomic E-state index is -0.938. The van der Waals surface area contributed by atoms with Crippen molar-refractivity contribution in [3.05, 3.63) is 22.3 Å². The van der Waals surface area contributed by atoms with E-state index in [1.807, 2.05) is 13.8 Å². The number of nitrogens with one attached hydrogen (secondary N) is 2. The van der Waals surface area contributed by atoms with Crippen molar-refractivity contribution in [2.45, 2.75) is 26.3 Å². The van der Waals surface area contributed by atoms with Crippen molar-refractivity contribution in [3.8, 4) is 0 Å². The molecule has 5 nitrogen and oxygen atoms in total. The second-order valence-corrected chi connectivity index (χ2v) is 6.99. The number of carbonyl (C=O) groups is 1. The van der Waals surface area contributed by atoms with E-state index in [9.17, 15) is 9.00 Å². The van der Waals surface area contributed by atoms with E-state index >= 15 is 0 Å². The number of hydrogen-bond acceptors (Lipinski definition) is 4. The predicted molar refractivity (Wildman–Crippen MR) is 86.6 cm³/mol. The van der Waals surface area contributed by atoms with Crippen LogP contribution < -0.4 is 10.6 Å². The molecule has 20 heavy (non-hydrogen) atoms. The zero-order valence-corrected chi connectivity index (χ0v) is 14.3. The molecule has 0 spiro atoms. The van der Waals surface area contributed by atoms with Crippen molar-refractivity contribution in [2.24, 2.45) is 0 Å². The van der Waals surface area contributed by atoms with Crippen molar-refractivity contribution in [2.75, 3.05) is 23.9 Å². The minimum absolute atomic E-state index is 0.147. The van der Waals surface area contributed by atoms with E-state index in [-0.39, 0.29) is 11.9 Å². The number of rotatable bonds is 7. The summed E-state index contributed by atoms with van der Waals surface area (Å²) >= 11 is 3.32. The minimum Gasteiger partial charge on any atom is -0.369 e. The van der Waals surface area contributed by atoms with E-state index < -0.39 is 10.8 Å². The molecule has 2 atom stereocenters. The molecular formula is C13H20BrN3O2S. The summed E-state index contributed by atoms with van der Waals surface area (Å²) in [7, 11) is -0.938. The third-order valence-electron chi connectivity index (χ3n) is 2.50. The zero-order chi connectivity index (χ0) is 15.1. The molecule has 0 aromatic carbocycles. The van der Waals surface area contributed by atoms with E-state index in [1.54, 1.807) is 18.5 Å². The van der Waals surface area contributed by atoms with Gasteiger partial charge in [-0.1, -0.05) is 6.92 Å². The van der Waals surface area contributed by atoms with E-state index in [0.29, 0.717) is 17.1 Å². The normalized spacial score (nSPS) is 13.6. The molecule has 0 bridgehead atoms. The number of aromatic nitrogens is 1. The van der Waals surface area contributed by atoms with Crippen LogP contribution in [0.1, 0.15) is 30.6 Å². The average molecular weight is 362 g/mol. The summed E-state index contributed by atoms with van der Waals surface area (Å²) < 4.78 is 11.9. The fourth-order valence-electron chi connectivity index (χ4n) is 1.69. The number of carbonyl (C=O) groups excluding carboxylic acids is 1. The molecule has 1 aromatic rings. The van der Waals surface area contributed by atoms with Crippen molar-refractivity contribution < 1.29 is 9.00 Å². The van der Waals surface area contributed by atoms with Gasteiger partial charge in [0.2, 0.25) is 0 Å². The predicted octanol–water partition coefficient (Wildman–Crippen LogP) is 2.16. The van der Waals surface area contributed by atoms with Gasteiger partial charge in [-0.05, 0) is 35.3 Å². The second kappa shape index (κ2) is 8.36. The Morgan fingerprint density at radius 1 is 1.55 bits per heavy atom. The fraction of sp³-hybridized carbons (Fsp3) is 0.538. The molecule has 1 heterocycles. The molecule has 2 N–H and O–H groups in total. The van der Waals surface area contributed by atoms with Gasteiger partial charge in [-0.3, -0.25) is 9.00 Å². The van der Waals surface area contributed by atoms with Gasteiger partial charge in [-0.15, -0.1) is 0 Å². The fourth-order valence-corrected chi connectivity index (χ4v) is 2.81. The van der Waals surface area contributed by atoms with Crippen LogP contribution in [0.25, 0.3) is 0 Å². The molecule has 0 aliphatic rings. The van der Waals surface area contributed by atoms with Gasteiger partial charge in [0.25, 0.3) is 5.91 Å². The summed E-state index contributed by atoms with van der Waals surface area (Å²) in [4.78, 5) is 16.5. The number of amides is 1. The van der Waals surface area contributed by atoms with Gasteiger partial charge in [-0.2, -0.15) is 0 Å². The van der Waals surface area contributed by atoms with E-state index in [2.05, 4.69) is 31.5 Å². The highest BCUT2D eigenvalue weighted by atomic mass is 79.9. The molecule has 0 aliphatic carbocycles. The van der Waals surface area contributed by atoms with Crippen LogP contribution in [0.2, 0.25) is 0 Å². The van der Waals surface area contributed by atoms with Crippen LogP contribution in [-0.4, -0.2) is 39.7 Å². The highest BCUT2D eigenvalue weighted by Crippen LogP contribution is 2.18. The number of hydrogen-bond donors (Lipinski definition) is 2. The maximum absolute atomic E-state index is 12.3. The smallest absolute Gasteiger partial charge is 0.255 e. The molecule has 1 rings (SSSR count). The summed E-state index contributed by atoms with van der Waals surface area (Å²) in [5, 5.41) is 5.97. The molecule has 7 heteroatoms. The standard InChI is InChI=1S/C13H20BrN3O2S/c1-4-5-15-12-11(6-10(14)7-16-12)13(18)17-9(2)8-20(3)19/h6-7,9H,4-5,8H2,1-3H3,(H,15,16)(H,17,18). The Bertz CT molecular complexity index is 497. The highest BCUT2D eigenvalue weighted by molar-refractivity contribution is 9.10. The Balaban J connectivity index is 2.84. The second-order valence-electron chi connectivity index (χ2n) is 4.59. The van der Waals surface area contributed by atoms with Crippen LogP contribution in [0.3, 0.4) is 0 Å². The van der Waals surface area contributed by atoms with Crippen LogP contribution >= 0.6 is 15.9 Å². The van der Waals surface area contributed by atoms with Gasteiger partial charge in [0.15, 0.2) is 0 Å². The molecule has 1 amide bonds. The molecule has 0 fully saturated rings. The summed E-state index contributed by atoms with van der Waals surface area (Å²) in [6.45, 7) is 4.64. The topological polar surface area (TPSA) is 71.1 Å². The Labute approximate surface area is 130 Å². The van der Waals surface area contributed by atoms with Crippen molar-refractivity contribution in [1.82, 2.24) is 10.3 Å². The van der Waals surface area contributed by atoms with Crippen LogP contribution in [-0.2, 0) is 10.8 Å². The van der Waals surface area contributed by atoms with E-state index in [4.69, 9.17) is 0 Å². The Morgan fingerprint density at radius 3 is 2.85 bits per heavy atom. The molecule has 112 valence electrons. The van der Waals surface area contributed by atoms with Gasteiger partial charge >= 0.3 is 0 Å². The van der Waals surface area contributed by atoms with Crippen LogP contribution in [0, 0.1) is 0 Å². The summed E-state index contributed by atoms with van der Waals surface area (Å²) in [5.74, 6) is 0.790. The molecule has 0 saturated carbocycles. The Kier molecular flexibility index (Phi) is 7.15. The largest absolute Gasteiger partial charge is 0.369 e. The molecule has 0 saturated heterocycles. The average Bonchev–Trinajstić information content (AvgIpc) is 2.36. The van der Waals surface area contributed by atoms with Gasteiger partial charge in [-0.25, -0.2) is 4.98 Å². The number of halogens is 1. The molecular weight excluding hydrogens is 342 g/mol. The van der Waals surface area contributed by atoms with Gasteiger partial charge in [0.1, 0.15) is 5.82 Å². The molecule has 2 unspecified atom stereocenters. The maximum atomic E-state index is 12.3. The Morgan fingerprint density at radius 2 is 2.25 bits per heavy atom. The lowest BCUT2D eigenvalue weighted by Gasteiger charge is -2.15. The van der Waals surface area contributed by atoms with Gasteiger partial charge in [0.05, 0.1) is 5.56 Å². The van der Waals surface area contributed by atoms with E-state index in [1.165, 1.54) is 0 Å². The lowest BCUT2D eigenvalue weighted by atomic mass is 10.2. The number of anilines is 1. The van der Waals surface area contributed by atoms with Crippen LogP contribution in [0.4, 0.5) is 5.82 Å². The third-order valence-corrected chi connectivity index (χ3v) is 3.91. The highest BCUT2D eigenvalue weighted by Gasteiger charge is 2.16. The van der Waals surface area contributed by atoms with Crippen LogP contribution in [0.15, 0.2) is 16.7 Å². The first kappa shape index (κ1) is 17.1. The molecule has 1 aromatic heterocycles. The summed E-state index contributed by atoms with van der Waals surface area (Å²) in [6.07, 6.45) is 4.22. The quantitative estimate of drug-likeness (QED) is 0.780. The number of nitrogens with zero attached hydrogens (tertiary/aromatic N) is 1. The Hall–Kier alpha value is -0.950. The van der Waals surface area contributed by atoms with Crippen molar-refractivity contribution >= 4 is 38.5 Å². The molecule has 0 radical (unpaired) electrons. The van der Waals surface area contributed by atoms with Crippen molar-refractivity contribution in [1.29, 1.82) is 0 Å². The SMILES string of the molecule is CCCNc1ncc(Br)cc1C(=O)NC(C)CS(C)=O. The number of pyridine rings is 1. The summed E-state index contributed by atoms with van der Waals surface area (Å²) in [6, 6.07) is 1.59. The van der Waals surface area contributed by atoms with E-state index in [0.717, 1.165) is 17.4 Å². The summed E-state index contributed by atoms with van der Waals surface area (Å²) in [5.41, 5.74) is 0.488. The zero-order valence-electron chi connectivity index (χ0n) is 11.9. The van der Waals surface area contributed by atoms with Crippen LogP contribution in [0.5, 0.6) is 0 Å². The van der Waals surface area contributed by atoms with Gasteiger partial charge in [0, 0.05) is 46.1 Å². The molecule has 0 aliphatic heterocycles. The monoisotopic (exact) mass is 361 g/mol.